The normalized spacial score (nSPS) is 18.3. The topological polar surface area (TPSA) is 65.8 Å². The summed E-state index contributed by atoms with van der Waals surface area (Å²) in [6, 6.07) is 7.96. The molecule has 6 nitrogen and oxygen atoms in total. The highest BCUT2D eigenvalue weighted by atomic mass is 19.4. The van der Waals surface area contributed by atoms with Crippen LogP contribution >= 0.6 is 0 Å². The van der Waals surface area contributed by atoms with Gasteiger partial charge in [0.1, 0.15) is 5.76 Å². The Bertz CT molecular complexity index is 865. The molecule has 2 heterocycles. The molecule has 2 atom stereocenters. The van der Waals surface area contributed by atoms with E-state index in [1.54, 1.807) is 12.3 Å². The van der Waals surface area contributed by atoms with Crippen LogP contribution in [0.15, 0.2) is 47.1 Å². The minimum Gasteiger partial charge on any atom is -0.468 e. The molecule has 2 amide bonds. The molecule has 1 aliphatic heterocycles. The summed E-state index contributed by atoms with van der Waals surface area (Å²) in [7, 11) is 3.71. The van der Waals surface area contributed by atoms with Crippen LogP contribution in [-0.4, -0.2) is 43.9 Å². The number of nitrogens with one attached hydrogen (secondary N) is 1. The number of alkyl halides is 3. The molecule has 0 radical (unpaired) electrons. The van der Waals surface area contributed by atoms with Gasteiger partial charge in [-0.3, -0.25) is 14.5 Å². The quantitative estimate of drug-likeness (QED) is 0.797. The Kier molecular flexibility index (Phi) is 5.97. The minimum absolute atomic E-state index is 0.0410. The number of halogens is 3. The zero-order chi connectivity index (χ0) is 21.2. The molecule has 0 aliphatic carbocycles. The molecule has 1 aromatic carbocycles. The average Bonchev–Trinajstić information content (AvgIpc) is 3.31. The molecule has 0 bridgehead atoms. The first-order valence-electron chi connectivity index (χ1n) is 9.12. The lowest BCUT2D eigenvalue weighted by molar-refractivity contribution is -0.137. The second-order valence-corrected chi connectivity index (χ2v) is 7.19. The van der Waals surface area contributed by atoms with E-state index in [1.165, 1.54) is 17.0 Å². The van der Waals surface area contributed by atoms with Crippen LogP contribution in [0.2, 0.25) is 0 Å². The molecule has 1 aromatic heterocycles. The number of hydrogen-bond donors (Lipinski definition) is 1. The first-order valence-corrected chi connectivity index (χ1v) is 9.12. The second-order valence-electron chi connectivity index (χ2n) is 7.19. The van der Waals surface area contributed by atoms with Crippen molar-refractivity contribution in [2.24, 2.45) is 5.92 Å². The van der Waals surface area contributed by atoms with E-state index in [9.17, 15) is 22.8 Å². The van der Waals surface area contributed by atoms with Crippen molar-refractivity contribution in [1.29, 1.82) is 0 Å². The lowest BCUT2D eigenvalue weighted by Crippen LogP contribution is -2.38. The van der Waals surface area contributed by atoms with Gasteiger partial charge in [0.25, 0.3) is 0 Å². The molecule has 3 rings (SSSR count). The van der Waals surface area contributed by atoms with Gasteiger partial charge in [0.2, 0.25) is 11.8 Å². The zero-order valence-corrected chi connectivity index (χ0v) is 16.1. The summed E-state index contributed by atoms with van der Waals surface area (Å²) in [4.78, 5) is 28.0. The Balaban J connectivity index is 1.65. The summed E-state index contributed by atoms with van der Waals surface area (Å²) in [6.45, 7) is 0.326. The average molecular weight is 409 g/mol. The maximum atomic E-state index is 12.9. The number of carbonyl (C=O) groups is 2. The fourth-order valence-corrected chi connectivity index (χ4v) is 3.34. The van der Waals surface area contributed by atoms with E-state index in [0.717, 1.165) is 12.1 Å². The van der Waals surface area contributed by atoms with Gasteiger partial charge < -0.3 is 14.6 Å². The standard InChI is InChI=1S/C20H22F3N3O3/c1-25(2)16(17-7-4-8-29-17)11-24-19(28)13-9-18(27)26(12-13)15-6-3-5-14(10-15)20(21,22)23/h3-8,10,13,16H,9,11-12H2,1-2H3,(H,24,28). The number of furan rings is 1. The Labute approximate surface area is 166 Å². The third kappa shape index (κ3) is 4.79. The van der Waals surface area contributed by atoms with E-state index < -0.39 is 17.7 Å². The van der Waals surface area contributed by atoms with Crippen LogP contribution in [0.3, 0.4) is 0 Å². The molecular weight excluding hydrogens is 387 g/mol. The SMILES string of the molecule is CN(C)C(CNC(=O)C1CC(=O)N(c2cccc(C(F)(F)F)c2)C1)c1ccco1. The molecule has 0 saturated carbocycles. The molecular formula is C20H22F3N3O3. The Morgan fingerprint density at radius 2 is 2.07 bits per heavy atom. The minimum atomic E-state index is -4.50. The number of rotatable bonds is 6. The van der Waals surface area contributed by atoms with Crippen molar-refractivity contribution < 1.29 is 27.2 Å². The van der Waals surface area contributed by atoms with Crippen molar-refractivity contribution in [1.82, 2.24) is 10.2 Å². The monoisotopic (exact) mass is 409 g/mol. The molecule has 2 unspecified atom stereocenters. The van der Waals surface area contributed by atoms with E-state index in [1.807, 2.05) is 25.1 Å². The highest BCUT2D eigenvalue weighted by Crippen LogP contribution is 2.33. The van der Waals surface area contributed by atoms with Crippen LogP contribution in [0, 0.1) is 5.92 Å². The van der Waals surface area contributed by atoms with Crippen molar-refractivity contribution in [2.75, 3.05) is 32.1 Å². The van der Waals surface area contributed by atoms with Crippen LogP contribution < -0.4 is 10.2 Å². The van der Waals surface area contributed by atoms with Gasteiger partial charge in [-0.25, -0.2) is 0 Å². The van der Waals surface area contributed by atoms with Crippen molar-refractivity contribution in [3.05, 3.63) is 54.0 Å². The maximum Gasteiger partial charge on any atom is 0.416 e. The highest BCUT2D eigenvalue weighted by Gasteiger charge is 2.37. The van der Waals surface area contributed by atoms with Gasteiger partial charge in [-0.05, 0) is 44.4 Å². The number of amides is 2. The van der Waals surface area contributed by atoms with E-state index in [4.69, 9.17) is 4.42 Å². The van der Waals surface area contributed by atoms with Gasteiger partial charge in [0, 0.05) is 25.2 Å². The third-order valence-corrected chi connectivity index (χ3v) is 4.95. The van der Waals surface area contributed by atoms with E-state index in [-0.39, 0.29) is 43.1 Å². The number of likely N-dealkylation sites (N-methyl/N-ethyl adjacent to an activating group) is 1. The first kappa shape index (κ1) is 20.9. The first-order chi connectivity index (χ1) is 13.7. The highest BCUT2D eigenvalue weighted by molar-refractivity contribution is 6.00. The summed E-state index contributed by atoms with van der Waals surface area (Å²) < 4.78 is 44.2. The third-order valence-electron chi connectivity index (χ3n) is 4.95. The molecule has 9 heteroatoms. The largest absolute Gasteiger partial charge is 0.468 e. The van der Waals surface area contributed by atoms with E-state index in [2.05, 4.69) is 5.32 Å². The smallest absolute Gasteiger partial charge is 0.416 e. The molecule has 1 aliphatic rings. The Morgan fingerprint density at radius 3 is 2.69 bits per heavy atom. The summed E-state index contributed by atoms with van der Waals surface area (Å²) in [5.74, 6) is -0.620. The van der Waals surface area contributed by atoms with Crippen molar-refractivity contribution in [2.45, 2.75) is 18.6 Å². The van der Waals surface area contributed by atoms with Gasteiger partial charge in [-0.2, -0.15) is 13.2 Å². The second kappa shape index (κ2) is 8.28. The fraction of sp³-hybridized carbons (Fsp3) is 0.400. The van der Waals surface area contributed by atoms with Crippen LogP contribution in [-0.2, 0) is 15.8 Å². The number of nitrogens with zero attached hydrogens (tertiary/aromatic N) is 2. The summed E-state index contributed by atoms with van der Waals surface area (Å²) in [5, 5.41) is 2.82. The Hall–Kier alpha value is -2.81. The number of carbonyl (C=O) groups excluding carboxylic acids is 2. The van der Waals surface area contributed by atoms with Crippen LogP contribution in [0.1, 0.15) is 23.8 Å². The molecule has 29 heavy (non-hydrogen) atoms. The maximum absolute atomic E-state index is 12.9. The Morgan fingerprint density at radius 1 is 1.31 bits per heavy atom. The van der Waals surface area contributed by atoms with E-state index >= 15 is 0 Å². The lowest BCUT2D eigenvalue weighted by atomic mass is 10.1. The summed E-state index contributed by atoms with van der Waals surface area (Å²) in [6.07, 6.45) is -2.99. The van der Waals surface area contributed by atoms with Gasteiger partial charge >= 0.3 is 6.18 Å². The van der Waals surface area contributed by atoms with E-state index in [0.29, 0.717) is 5.76 Å². The van der Waals surface area contributed by atoms with Crippen molar-refractivity contribution in [3.63, 3.8) is 0 Å². The molecule has 1 saturated heterocycles. The molecule has 2 aromatic rings. The van der Waals surface area contributed by atoms with Gasteiger partial charge in [-0.1, -0.05) is 6.07 Å². The molecule has 156 valence electrons. The summed E-state index contributed by atoms with van der Waals surface area (Å²) >= 11 is 0. The van der Waals surface area contributed by atoms with Crippen LogP contribution in [0.5, 0.6) is 0 Å². The summed E-state index contributed by atoms with van der Waals surface area (Å²) in [5.41, 5.74) is -0.690. The molecule has 1 fully saturated rings. The molecule has 1 N–H and O–H groups in total. The van der Waals surface area contributed by atoms with Gasteiger partial charge in [0.05, 0.1) is 23.8 Å². The predicted molar refractivity (Wildman–Crippen MR) is 100 cm³/mol. The fourth-order valence-electron chi connectivity index (χ4n) is 3.34. The zero-order valence-electron chi connectivity index (χ0n) is 16.1. The lowest BCUT2D eigenvalue weighted by Gasteiger charge is -2.23. The number of benzene rings is 1. The number of anilines is 1. The van der Waals surface area contributed by atoms with Crippen LogP contribution in [0.4, 0.5) is 18.9 Å². The van der Waals surface area contributed by atoms with Crippen molar-refractivity contribution in [3.8, 4) is 0 Å². The molecule has 0 spiro atoms. The van der Waals surface area contributed by atoms with Gasteiger partial charge in [-0.15, -0.1) is 0 Å². The van der Waals surface area contributed by atoms with Gasteiger partial charge in [0.15, 0.2) is 0 Å². The predicted octanol–water partition coefficient (Wildman–Crippen LogP) is 3.07. The van der Waals surface area contributed by atoms with Crippen molar-refractivity contribution >= 4 is 17.5 Å². The van der Waals surface area contributed by atoms with Crippen LogP contribution in [0.25, 0.3) is 0 Å². The number of hydrogen-bond acceptors (Lipinski definition) is 4.